The predicted octanol–water partition coefficient (Wildman–Crippen LogP) is 10.5. The average molecular weight is 539 g/mol. The molecule has 5 aromatic carbocycles. The third-order valence-electron chi connectivity index (χ3n) is 7.77. The highest BCUT2D eigenvalue weighted by molar-refractivity contribution is 5.78. The zero-order valence-corrected chi connectivity index (χ0v) is 23.3. The maximum atomic E-state index is 5.07. The van der Waals surface area contributed by atoms with Crippen LogP contribution in [-0.4, -0.2) is 9.97 Å². The second-order valence-corrected chi connectivity index (χ2v) is 10.6. The second kappa shape index (κ2) is 11.6. The van der Waals surface area contributed by atoms with E-state index < -0.39 is 0 Å². The Morgan fingerprint density at radius 3 is 1.29 bits per heavy atom. The zero-order chi connectivity index (χ0) is 28.1. The molecule has 1 aliphatic carbocycles. The molecular formula is C40H30N2. The molecule has 0 amide bonds. The first-order valence-electron chi connectivity index (χ1n) is 14.5. The molecule has 0 fully saturated rings. The van der Waals surface area contributed by atoms with Crippen LogP contribution in [-0.2, 0) is 0 Å². The Kier molecular flexibility index (Phi) is 7.10. The van der Waals surface area contributed by atoms with Gasteiger partial charge in [-0.2, -0.15) is 0 Å². The van der Waals surface area contributed by atoms with Gasteiger partial charge < -0.3 is 0 Å². The minimum absolute atomic E-state index is 0.719. The molecule has 42 heavy (non-hydrogen) atoms. The van der Waals surface area contributed by atoms with Gasteiger partial charge in [0.15, 0.2) is 5.82 Å². The number of benzene rings is 5. The summed E-state index contributed by atoms with van der Waals surface area (Å²) in [6.07, 6.45) is 9.00. The van der Waals surface area contributed by atoms with Gasteiger partial charge in [0.2, 0.25) is 0 Å². The minimum atomic E-state index is 0.719. The lowest BCUT2D eigenvalue weighted by molar-refractivity contribution is 1.04. The molecule has 0 saturated carbocycles. The van der Waals surface area contributed by atoms with Gasteiger partial charge in [0.25, 0.3) is 0 Å². The first kappa shape index (κ1) is 25.6. The second-order valence-electron chi connectivity index (χ2n) is 10.6. The van der Waals surface area contributed by atoms with Crippen molar-refractivity contribution in [2.45, 2.75) is 12.8 Å². The number of rotatable bonds is 6. The molecule has 0 radical (unpaired) electrons. The van der Waals surface area contributed by atoms with Gasteiger partial charge >= 0.3 is 0 Å². The van der Waals surface area contributed by atoms with Crippen molar-refractivity contribution < 1.29 is 0 Å². The maximum absolute atomic E-state index is 5.07. The van der Waals surface area contributed by atoms with Crippen LogP contribution in [0.1, 0.15) is 18.4 Å². The van der Waals surface area contributed by atoms with Gasteiger partial charge in [-0.05, 0) is 52.3 Å². The van der Waals surface area contributed by atoms with Crippen LogP contribution in [0.2, 0.25) is 0 Å². The molecule has 1 aliphatic rings. The molecule has 7 rings (SSSR count). The Labute approximate surface area is 247 Å². The van der Waals surface area contributed by atoms with Crippen molar-refractivity contribution in [1.29, 1.82) is 0 Å². The zero-order valence-electron chi connectivity index (χ0n) is 23.3. The molecule has 1 heterocycles. The first-order valence-corrected chi connectivity index (χ1v) is 14.5. The molecule has 6 aromatic rings. The van der Waals surface area contributed by atoms with E-state index in [0.717, 1.165) is 46.7 Å². The quantitative estimate of drug-likeness (QED) is 0.211. The van der Waals surface area contributed by atoms with Crippen LogP contribution in [0, 0.1) is 0 Å². The summed E-state index contributed by atoms with van der Waals surface area (Å²) >= 11 is 0. The van der Waals surface area contributed by atoms with Crippen molar-refractivity contribution in [3.05, 3.63) is 163 Å². The molecule has 0 unspecified atom stereocenters. The Bertz CT molecular complexity index is 1760. The summed E-state index contributed by atoms with van der Waals surface area (Å²) in [4.78, 5) is 10.1. The lowest BCUT2D eigenvalue weighted by Crippen LogP contribution is -1.96. The van der Waals surface area contributed by atoms with E-state index in [2.05, 4.69) is 146 Å². The van der Waals surface area contributed by atoms with Gasteiger partial charge in [0.05, 0.1) is 11.4 Å². The highest BCUT2D eigenvalue weighted by Crippen LogP contribution is 2.31. The van der Waals surface area contributed by atoms with E-state index in [4.69, 9.17) is 9.97 Å². The van der Waals surface area contributed by atoms with Crippen LogP contribution < -0.4 is 0 Å². The van der Waals surface area contributed by atoms with Crippen molar-refractivity contribution >= 4 is 5.57 Å². The molecule has 1 aromatic heterocycles. The Hall–Kier alpha value is -5.34. The van der Waals surface area contributed by atoms with E-state index in [-0.39, 0.29) is 0 Å². The monoisotopic (exact) mass is 538 g/mol. The van der Waals surface area contributed by atoms with Crippen molar-refractivity contribution in [2.24, 2.45) is 0 Å². The van der Waals surface area contributed by atoms with Crippen LogP contribution >= 0.6 is 0 Å². The Morgan fingerprint density at radius 1 is 0.381 bits per heavy atom. The molecular weight excluding hydrogens is 508 g/mol. The lowest BCUT2D eigenvalue weighted by atomic mass is 9.97. The Morgan fingerprint density at radius 2 is 0.810 bits per heavy atom. The van der Waals surface area contributed by atoms with E-state index >= 15 is 0 Å². The summed E-state index contributed by atoms with van der Waals surface area (Å²) in [6.45, 7) is 0. The SMILES string of the molecule is C1=CC(c2ccc(-c3cc(-c4ccc(-c5ccccc5)cc4)nc(-c4ccc(-c5ccccc5)cc4)n3)cc2)=CCC1. The molecule has 200 valence electrons. The van der Waals surface area contributed by atoms with Gasteiger partial charge in [-0.25, -0.2) is 9.97 Å². The van der Waals surface area contributed by atoms with E-state index in [9.17, 15) is 0 Å². The summed E-state index contributed by atoms with van der Waals surface area (Å²) in [5.74, 6) is 0.719. The van der Waals surface area contributed by atoms with Crippen molar-refractivity contribution in [3.8, 4) is 56.2 Å². The smallest absolute Gasteiger partial charge is 0.160 e. The molecule has 0 bridgehead atoms. The highest BCUT2D eigenvalue weighted by Gasteiger charge is 2.12. The van der Waals surface area contributed by atoms with Crippen LogP contribution in [0.25, 0.3) is 61.7 Å². The normalized spacial score (nSPS) is 12.6. The van der Waals surface area contributed by atoms with Gasteiger partial charge in [-0.1, -0.05) is 152 Å². The largest absolute Gasteiger partial charge is 0.228 e. The summed E-state index contributed by atoms with van der Waals surface area (Å²) in [7, 11) is 0. The molecule has 0 spiro atoms. The van der Waals surface area contributed by atoms with Gasteiger partial charge in [0, 0.05) is 16.7 Å². The van der Waals surface area contributed by atoms with Gasteiger partial charge in [0.1, 0.15) is 0 Å². The first-order chi connectivity index (χ1) is 20.8. The molecule has 0 atom stereocenters. The van der Waals surface area contributed by atoms with Gasteiger partial charge in [-0.3, -0.25) is 0 Å². The summed E-state index contributed by atoms with van der Waals surface area (Å²) in [5.41, 5.74) is 12.2. The number of hydrogen-bond donors (Lipinski definition) is 0. The van der Waals surface area contributed by atoms with Crippen molar-refractivity contribution in [1.82, 2.24) is 9.97 Å². The number of hydrogen-bond acceptors (Lipinski definition) is 2. The van der Waals surface area contributed by atoms with Crippen molar-refractivity contribution in [3.63, 3.8) is 0 Å². The number of nitrogens with zero attached hydrogens (tertiary/aromatic N) is 2. The molecule has 2 nitrogen and oxygen atoms in total. The van der Waals surface area contributed by atoms with E-state index in [1.54, 1.807) is 0 Å². The summed E-state index contributed by atoms with van der Waals surface area (Å²) in [6, 6.07) is 48.9. The van der Waals surface area contributed by atoms with Crippen molar-refractivity contribution in [2.75, 3.05) is 0 Å². The lowest BCUT2D eigenvalue weighted by Gasteiger charge is -2.12. The fourth-order valence-electron chi connectivity index (χ4n) is 5.44. The van der Waals surface area contributed by atoms with Crippen LogP contribution in [0.5, 0.6) is 0 Å². The molecule has 0 N–H and O–H groups in total. The standard InChI is InChI=1S/C40H30N2/c1-4-10-29(11-5-1)32-16-22-35(23-17-32)38-28-39(36-24-18-33(19-25-36)30-12-6-2-7-13-30)42-40(41-38)37-26-20-34(21-27-37)31-14-8-3-9-15-31/h1,3-6,8-28H,2,7H2. The third kappa shape index (κ3) is 5.48. The molecule has 0 aliphatic heterocycles. The number of aromatic nitrogens is 2. The highest BCUT2D eigenvalue weighted by atomic mass is 14.9. The molecule has 0 saturated heterocycles. The minimum Gasteiger partial charge on any atom is -0.228 e. The number of allylic oxidation sites excluding steroid dienone is 4. The molecule has 2 heteroatoms. The van der Waals surface area contributed by atoms with E-state index in [0.29, 0.717) is 0 Å². The van der Waals surface area contributed by atoms with Crippen LogP contribution in [0.15, 0.2) is 158 Å². The predicted molar refractivity (Wildman–Crippen MR) is 176 cm³/mol. The van der Waals surface area contributed by atoms with Crippen LogP contribution in [0.4, 0.5) is 0 Å². The van der Waals surface area contributed by atoms with Crippen LogP contribution in [0.3, 0.4) is 0 Å². The fourth-order valence-corrected chi connectivity index (χ4v) is 5.44. The summed E-state index contributed by atoms with van der Waals surface area (Å²) < 4.78 is 0. The van der Waals surface area contributed by atoms with Gasteiger partial charge in [-0.15, -0.1) is 0 Å². The average Bonchev–Trinajstić information content (AvgIpc) is 3.09. The fraction of sp³-hybridized carbons (Fsp3) is 0.0500. The topological polar surface area (TPSA) is 25.8 Å². The summed E-state index contributed by atoms with van der Waals surface area (Å²) in [5, 5.41) is 0. The maximum Gasteiger partial charge on any atom is 0.160 e. The van der Waals surface area contributed by atoms with E-state index in [1.807, 2.05) is 12.1 Å². The van der Waals surface area contributed by atoms with E-state index in [1.165, 1.54) is 33.4 Å². The Balaban J connectivity index is 1.28. The third-order valence-corrected chi connectivity index (χ3v) is 7.77.